The van der Waals surface area contributed by atoms with Gasteiger partial charge in [0.2, 0.25) is 11.8 Å². The summed E-state index contributed by atoms with van der Waals surface area (Å²) in [6, 6.07) is 8.16. The van der Waals surface area contributed by atoms with E-state index in [9.17, 15) is 9.59 Å². The van der Waals surface area contributed by atoms with Crippen molar-refractivity contribution < 1.29 is 9.59 Å². The third kappa shape index (κ3) is 5.97. The summed E-state index contributed by atoms with van der Waals surface area (Å²) in [5.41, 5.74) is 2.27. The lowest BCUT2D eigenvalue weighted by molar-refractivity contribution is -0.128. The van der Waals surface area contributed by atoms with Crippen molar-refractivity contribution in [3.63, 3.8) is 0 Å². The molecule has 0 unspecified atom stereocenters. The Labute approximate surface area is 167 Å². The largest absolute Gasteiger partial charge is 0.357 e. The molecule has 0 atom stereocenters. The highest BCUT2D eigenvalue weighted by Gasteiger charge is 2.29. The van der Waals surface area contributed by atoms with Gasteiger partial charge in [0, 0.05) is 45.1 Å². The molecular weight excluding hydrogens is 354 g/mol. The third-order valence-corrected chi connectivity index (χ3v) is 5.07. The van der Waals surface area contributed by atoms with E-state index in [1.165, 1.54) is 0 Å². The number of guanidine groups is 1. The van der Waals surface area contributed by atoms with Crippen LogP contribution in [0.3, 0.4) is 0 Å². The Morgan fingerprint density at radius 3 is 2.57 bits per heavy atom. The Morgan fingerprint density at radius 1 is 1.14 bits per heavy atom. The van der Waals surface area contributed by atoms with E-state index in [4.69, 9.17) is 0 Å². The number of aliphatic imine (C=N–C) groups is 1. The summed E-state index contributed by atoms with van der Waals surface area (Å²) < 4.78 is 0. The molecule has 1 aliphatic heterocycles. The summed E-state index contributed by atoms with van der Waals surface area (Å²) in [7, 11) is 0. The molecule has 0 spiro atoms. The molecular formula is C21H31N5O2. The van der Waals surface area contributed by atoms with E-state index in [1.807, 2.05) is 24.0 Å². The van der Waals surface area contributed by atoms with Gasteiger partial charge in [-0.3, -0.25) is 9.59 Å². The minimum absolute atomic E-state index is 0.161. The molecule has 2 fully saturated rings. The molecule has 152 valence electrons. The lowest BCUT2D eigenvalue weighted by atomic mass is 10.1. The third-order valence-electron chi connectivity index (χ3n) is 5.07. The zero-order chi connectivity index (χ0) is 19.8. The molecule has 3 N–H and O–H groups in total. The molecule has 1 aliphatic carbocycles. The van der Waals surface area contributed by atoms with E-state index in [0.717, 1.165) is 49.4 Å². The smallest absolute Gasteiger partial charge is 0.223 e. The number of nitrogens with zero attached hydrogens (tertiary/aromatic N) is 2. The van der Waals surface area contributed by atoms with Crippen molar-refractivity contribution in [2.45, 2.75) is 45.7 Å². The number of likely N-dealkylation sites (tertiary alicyclic amines) is 1. The SMILES string of the molecule is CCNC(=NCc1ccccc1CN1CCCC1=O)NCCNC(=O)C1CC1. The van der Waals surface area contributed by atoms with Gasteiger partial charge in [-0.2, -0.15) is 0 Å². The first-order chi connectivity index (χ1) is 13.7. The maximum Gasteiger partial charge on any atom is 0.223 e. The number of nitrogens with one attached hydrogen (secondary N) is 3. The fraction of sp³-hybridized carbons (Fsp3) is 0.571. The van der Waals surface area contributed by atoms with E-state index < -0.39 is 0 Å². The van der Waals surface area contributed by atoms with Crippen LogP contribution in [0.1, 0.15) is 43.7 Å². The molecule has 1 aromatic rings. The summed E-state index contributed by atoms with van der Waals surface area (Å²) in [6.07, 6.45) is 3.65. The molecule has 1 aromatic carbocycles. The second kappa shape index (κ2) is 10.1. The fourth-order valence-corrected chi connectivity index (χ4v) is 3.31. The molecule has 0 radical (unpaired) electrons. The highest BCUT2D eigenvalue weighted by Crippen LogP contribution is 2.28. The lowest BCUT2D eigenvalue weighted by Crippen LogP contribution is -2.41. The predicted molar refractivity (Wildman–Crippen MR) is 110 cm³/mol. The van der Waals surface area contributed by atoms with Gasteiger partial charge in [0.05, 0.1) is 6.54 Å². The monoisotopic (exact) mass is 385 g/mol. The van der Waals surface area contributed by atoms with Gasteiger partial charge in [-0.05, 0) is 37.3 Å². The van der Waals surface area contributed by atoms with E-state index in [-0.39, 0.29) is 17.7 Å². The zero-order valence-electron chi connectivity index (χ0n) is 16.7. The van der Waals surface area contributed by atoms with Crippen molar-refractivity contribution in [1.29, 1.82) is 0 Å². The Balaban J connectivity index is 1.53. The molecule has 2 aliphatic rings. The second-order valence-electron chi connectivity index (χ2n) is 7.37. The lowest BCUT2D eigenvalue weighted by Gasteiger charge is -2.18. The first-order valence-electron chi connectivity index (χ1n) is 10.3. The van der Waals surface area contributed by atoms with Gasteiger partial charge in [0.15, 0.2) is 5.96 Å². The number of benzene rings is 1. The maximum absolute atomic E-state index is 11.9. The number of hydrogen-bond acceptors (Lipinski definition) is 3. The number of carbonyl (C=O) groups is 2. The van der Waals surface area contributed by atoms with Gasteiger partial charge in [0.25, 0.3) is 0 Å². The van der Waals surface area contributed by atoms with Crippen molar-refractivity contribution in [3.05, 3.63) is 35.4 Å². The molecule has 1 saturated carbocycles. The standard InChI is InChI=1S/C21H31N5O2/c1-2-22-21(24-12-11-23-20(28)16-9-10-16)25-14-17-6-3-4-7-18(17)15-26-13-5-8-19(26)27/h3-4,6-7,16H,2,5,8-15H2,1H3,(H,23,28)(H2,22,24,25). The fourth-order valence-electron chi connectivity index (χ4n) is 3.31. The number of amides is 2. The average Bonchev–Trinajstić information content (AvgIpc) is 3.48. The van der Waals surface area contributed by atoms with E-state index in [2.05, 4.69) is 33.1 Å². The van der Waals surface area contributed by atoms with Crippen molar-refractivity contribution in [1.82, 2.24) is 20.9 Å². The summed E-state index contributed by atoms with van der Waals surface area (Å²) in [5.74, 6) is 1.37. The van der Waals surface area contributed by atoms with Crippen molar-refractivity contribution in [3.8, 4) is 0 Å². The van der Waals surface area contributed by atoms with Gasteiger partial charge in [-0.25, -0.2) is 4.99 Å². The van der Waals surface area contributed by atoms with Crippen molar-refractivity contribution in [2.75, 3.05) is 26.2 Å². The number of carbonyl (C=O) groups excluding carboxylic acids is 2. The molecule has 0 aromatic heterocycles. The van der Waals surface area contributed by atoms with E-state index in [0.29, 0.717) is 32.6 Å². The summed E-state index contributed by atoms with van der Waals surface area (Å²) in [4.78, 5) is 30.2. The minimum atomic E-state index is 0.161. The highest BCUT2D eigenvalue weighted by atomic mass is 16.2. The van der Waals surface area contributed by atoms with E-state index in [1.54, 1.807) is 0 Å². The normalized spacial score (nSPS) is 17.0. The van der Waals surface area contributed by atoms with Crippen LogP contribution in [0.25, 0.3) is 0 Å². The predicted octanol–water partition coefficient (Wildman–Crippen LogP) is 1.39. The topological polar surface area (TPSA) is 85.8 Å². The number of rotatable bonds is 9. The quantitative estimate of drug-likeness (QED) is 0.341. The molecule has 2 amide bonds. The molecule has 7 heteroatoms. The van der Waals surface area contributed by atoms with Crippen LogP contribution in [0.2, 0.25) is 0 Å². The van der Waals surface area contributed by atoms with Crippen LogP contribution >= 0.6 is 0 Å². The molecule has 28 heavy (non-hydrogen) atoms. The van der Waals surface area contributed by atoms with Crippen LogP contribution in [0.15, 0.2) is 29.3 Å². The molecule has 1 saturated heterocycles. The first kappa shape index (κ1) is 20.2. The van der Waals surface area contributed by atoms with Gasteiger partial charge in [-0.1, -0.05) is 24.3 Å². The van der Waals surface area contributed by atoms with Gasteiger partial charge >= 0.3 is 0 Å². The average molecular weight is 386 g/mol. The Kier molecular flexibility index (Phi) is 7.28. The first-order valence-corrected chi connectivity index (χ1v) is 10.3. The summed E-state index contributed by atoms with van der Waals surface area (Å²) >= 11 is 0. The van der Waals surface area contributed by atoms with Gasteiger partial charge in [0.1, 0.15) is 0 Å². The van der Waals surface area contributed by atoms with Crippen molar-refractivity contribution >= 4 is 17.8 Å². The zero-order valence-corrected chi connectivity index (χ0v) is 16.7. The molecule has 1 heterocycles. The van der Waals surface area contributed by atoms with Crippen molar-refractivity contribution in [2.24, 2.45) is 10.9 Å². The summed E-state index contributed by atoms with van der Waals surface area (Å²) in [5, 5.41) is 9.45. The summed E-state index contributed by atoms with van der Waals surface area (Å²) in [6.45, 7) is 6.06. The maximum atomic E-state index is 11.9. The Bertz CT molecular complexity index is 715. The Morgan fingerprint density at radius 2 is 1.89 bits per heavy atom. The van der Waals surface area contributed by atoms with Crippen LogP contribution in [-0.4, -0.2) is 48.9 Å². The molecule has 0 bridgehead atoms. The minimum Gasteiger partial charge on any atom is -0.357 e. The van der Waals surface area contributed by atoms with Crippen LogP contribution in [-0.2, 0) is 22.7 Å². The molecule has 7 nitrogen and oxygen atoms in total. The van der Waals surface area contributed by atoms with Crippen LogP contribution < -0.4 is 16.0 Å². The van der Waals surface area contributed by atoms with Crippen LogP contribution in [0.4, 0.5) is 0 Å². The highest BCUT2D eigenvalue weighted by molar-refractivity contribution is 5.81. The van der Waals surface area contributed by atoms with Gasteiger partial charge < -0.3 is 20.9 Å². The second-order valence-corrected chi connectivity index (χ2v) is 7.37. The number of hydrogen-bond donors (Lipinski definition) is 3. The van der Waals surface area contributed by atoms with Gasteiger partial charge in [-0.15, -0.1) is 0 Å². The van der Waals surface area contributed by atoms with Crippen LogP contribution in [0, 0.1) is 5.92 Å². The Hall–Kier alpha value is -2.57. The molecule has 3 rings (SSSR count). The van der Waals surface area contributed by atoms with Crippen LogP contribution in [0.5, 0.6) is 0 Å². The van der Waals surface area contributed by atoms with E-state index >= 15 is 0 Å².